The highest BCUT2D eigenvalue weighted by Crippen LogP contribution is 2.22. The Hall–Kier alpha value is -3.15. The summed E-state index contributed by atoms with van der Waals surface area (Å²) in [5, 5.41) is 3.12. The van der Waals surface area contributed by atoms with Crippen molar-refractivity contribution >= 4 is 22.8 Å². The topological polar surface area (TPSA) is 67.2 Å². The van der Waals surface area contributed by atoms with Crippen LogP contribution in [0.4, 0.5) is 0 Å². The van der Waals surface area contributed by atoms with Gasteiger partial charge >= 0.3 is 0 Å². The zero-order chi connectivity index (χ0) is 24.0. The molecule has 0 spiro atoms. The third-order valence-corrected chi connectivity index (χ3v) is 6.22. The quantitative estimate of drug-likeness (QED) is 0.470. The maximum atomic E-state index is 13.5. The lowest BCUT2D eigenvalue weighted by Crippen LogP contribution is -2.39. The van der Waals surface area contributed by atoms with Gasteiger partial charge in [0.15, 0.2) is 0 Å². The van der Waals surface area contributed by atoms with Crippen molar-refractivity contribution in [2.75, 3.05) is 0 Å². The Morgan fingerprint density at radius 3 is 2.24 bits per heavy atom. The first-order valence-corrected chi connectivity index (χ1v) is 11.9. The first-order chi connectivity index (χ1) is 15.8. The molecule has 0 bridgehead atoms. The predicted octanol–water partition coefficient (Wildman–Crippen LogP) is 5.09. The molecule has 0 radical (unpaired) electrons. The third kappa shape index (κ3) is 5.81. The number of hydrogen-bond acceptors (Lipinski definition) is 3. The Morgan fingerprint density at radius 2 is 1.61 bits per heavy atom. The molecule has 0 saturated heterocycles. The molecule has 176 valence electrons. The third-order valence-electron chi connectivity index (χ3n) is 6.22. The second-order valence-electron chi connectivity index (χ2n) is 8.89. The molecule has 1 unspecified atom stereocenters. The minimum Gasteiger partial charge on any atom is -0.346 e. The minimum absolute atomic E-state index is 0.0192. The number of rotatable bonds is 10. The SMILES string of the molecule is CCC(CC)C(=O)NC(C)c1nc2ccccc2n1CC(=O)N(Cc1ccccc1)C(C)C. The first kappa shape index (κ1) is 24.5. The van der Waals surface area contributed by atoms with Crippen molar-refractivity contribution in [1.82, 2.24) is 19.8 Å². The number of imidazole rings is 1. The molecule has 33 heavy (non-hydrogen) atoms. The van der Waals surface area contributed by atoms with Crippen LogP contribution >= 0.6 is 0 Å². The number of fused-ring (bicyclic) bond motifs is 1. The summed E-state index contributed by atoms with van der Waals surface area (Å²) in [6.07, 6.45) is 1.60. The van der Waals surface area contributed by atoms with E-state index in [1.54, 1.807) is 0 Å². The van der Waals surface area contributed by atoms with Crippen molar-refractivity contribution in [2.45, 2.75) is 72.6 Å². The molecule has 1 atom stereocenters. The van der Waals surface area contributed by atoms with Gasteiger partial charge in [-0.05, 0) is 51.3 Å². The average molecular weight is 449 g/mol. The zero-order valence-electron chi connectivity index (χ0n) is 20.4. The number of nitrogens with one attached hydrogen (secondary N) is 1. The van der Waals surface area contributed by atoms with Crippen molar-refractivity contribution in [1.29, 1.82) is 0 Å². The summed E-state index contributed by atoms with van der Waals surface area (Å²) in [4.78, 5) is 32.9. The normalized spacial score (nSPS) is 12.3. The molecule has 0 aliphatic carbocycles. The fourth-order valence-electron chi connectivity index (χ4n) is 4.21. The van der Waals surface area contributed by atoms with Crippen molar-refractivity contribution < 1.29 is 9.59 Å². The Labute approximate surface area is 197 Å². The molecule has 6 heteroatoms. The molecule has 0 saturated carbocycles. The fraction of sp³-hybridized carbons (Fsp3) is 0.444. The molecule has 3 aromatic rings. The lowest BCUT2D eigenvalue weighted by atomic mass is 10.0. The van der Waals surface area contributed by atoms with Gasteiger partial charge < -0.3 is 14.8 Å². The van der Waals surface area contributed by atoms with Crippen molar-refractivity contribution in [3.05, 3.63) is 66.0 Å². The van der Waals surface area contributed by atoms with Gasteiger partial charge in [-0.15, -0.1) is 0 Å². The molecule has 1 N–H and O–H groups in total. The number of amides is 2. The van der Waals surface area contributed by atoms with Gasteiger partial charge in [-0.2, -0.15) is 0 Å². The van der Waals surface area contributed by atoms with E-state index < -0.39 is 0 Å². The van der Waals surface area contributed by atoms with Gasteiger partial charge in [-0.1, -0.05) is 56.3 Å². The van der Waals surface area contributed by atoms with E-state index in [1.807, 2.05) is 98.7 Å². The summed E-state index contributed by atoms with van der Waals surface area (Å²) in [7, 11) is 0. The van der Waals surface area contributed by atoms with E-state index in [0.717, 1.165) is 29.4 Å². The number of nitrogens with zero attached hydrogens (tertiary/aromatic N) is 3. The Balaban J connectivity index is 1.89. The molecule has 3 rings (SSSR count). The van der Waals surface area contributed by atoms with Crippen LogP contribution in [0.1, 0.15) is 64.9 Å². The monoisotopic (exact) mass is 448 g/mol. The lowest BCUT2D eigenvalue weighted by molar-refractivity contribution is -0.134. The van der Waals surface area contributed by atoms with Crippen LogP contribution < -0.4 is 5.32 Å². The Bertz CT molecular complexity index is 1070. The molecular formula is C27H36N4O2. The minimum atomic E-state index is -0.306. The van der Waals surface area contributed by atoms with Gasteiger partial charge in [0, 0.05) is 18.5 Å². The number of benzene rings is 2. The molecule has 0 aliphatic heterocycles. The van der Waals surface area contributed by atoms with Gasteiger partial charge in [0.25, 0.3) is 0 Å². The van der Waals surface area contributed by atoms with Crippen molar-refractivity contribution in [3.8, 4) is 0 Å². The Morgan fingerprint density at radius 1 is 0.970 bits per heavy atom. The van der Waals surface area contributed by atoms with Gasteiger partial charge in [0.05, 0.1) is 17.1 Å². The fourth-order valence-corrected chi connectivity index (χ4v) is 4.21. The molecule has 1 heterocycles. The average Bonchev–Trinajstić information content (AvgIpc) is 3.17. The van der Waals surface area contributed by atoms with Crippen LogP contribution in [0.2, 0.25) is 0 Å². The summed E-state index contributed by atoms with van der Waals surface area (Å²) in [6, 6.07) is 17.6. The number of carbonyl (C=O) groups is 2. The van der Waals surface area contributed by atoms with E-state index in [9.17, 15) is 9.59 Å². The van der Waals surface area contributed by atoms with Crippen LogP contribution in [0.3, 0.4) is 0 Å². The number of hydrogen-bond donors (Lipinski definition) is 1. The van der Waals surface area contributed by atoms with Crippen LogP contribution in [-0.4, -0.2) is 32.3 Å². The Kier molecular flexibility index (Phi) is 8.26. The van der Waals surface area contributed by atoms with E-state index >= 15 is 0 Å². The number of aromatic nitrogens is 2. The van der Waals surface area contributed by atoms with Crippen LogP contribution in [0.5, 0.6) is 0 Å². The van der Waals surface area contributed by atoms with Crippen molar-refractivity contribution in [3.63, 3.8) is 0 Å². The van der Waals surface area contributed by atoms with Crippen LogP contribution in [0.15, 0.2) is 54.6 Å². The predicted molar refractivity (Wildman–Crippen MR) is 132 cm³/mol. The number of carbonyl (C=O) groups excluding carboxylic acids is 2. The molecule has 0 fully saturated rings. The standard InChI is InChI=1S/C27H36N4O2/c1-6-22(7-2)27(33)28-20(5)26-29-23-15-11-12-16-24(23)31(26)18-25(32)30(19(3)4)17-21-13-9-8-10-14-21/h8-16,19-20,22H,6-7,17-18H2,1-5H3,(H,28,33). The van der Waals surface area contributed by atoms with E-state index in [4.69, 9.17) is 4.98 Å². The summed E-state index contributed by atoms with van der Waals surface area (Å²) in [5.74, 6) is 0.739. The van der Waals surface area contributed by atoms with E-state index in [0.29, 0.717) is 12.4 Å². The van der Waals surface area contributed by atoms with Crippen molar-refractivity contribution in [2.24, 2.45) is 5.92 Å². The van der Waals surface area contributed by atoms with E-state index in [-0.39, 0.29) is 36.4 Å². The van der Waals surface area contributed by atoms with Gasteiger partial charge in [0.1, 0.15) is 12.4 Å². The van der Waals surface area contributed by atoms with Crippen LogP contribution in [0, 0.1) is 5.92 Å². The molecular weight excluding hydrogens is 412 g/mol. The highest BCUT2D eigenvalue weighted by molar-refractivity contribution is 5.82. The van der Waals surface area contributed by atoms with Crippen LogP contribution in [0.25, 0.3) is 11.0 Å². The highest BCUT2D eigenvalue weighted by Gasteiger charge is 2.25. The second kappa shape index (κ2) is 11.1. The lowest BCUT2D eigenvalue weighted by Gasteiger charge is -2.28. The summed E-state index contributed by atoms with van der Waals surface area (Å²) in [6.45, 7) is 10.8. The summed E-state index contributed by atoms with van der Waals surface area (Å²) >= 11 is 0. The number of para-hydroxylation sites is 2. The summed E-state index contributed by atoms with van der Waals surface area (Å²) < 4.78 is 1.95. The first-order valence-electron chi connectivity index (χ1n) is 11.9. The molecule has 0 aliphatic rings. The molecule has 2 aromatic carbocycles. The zero-order valence-corrected chi connectivity index (χ0v) is 20.4. The molecule has 2 amide bonds. The maximum Gasteiger partial charge on any atom is 0.243 e. The molecule has 1 aromatic heterocycles. The smallest absolute Gasteiger partial charge is 0.243 e. The maximum absolute atomic E-state index is 13.5. The largest absolute Gasteiger partial charge is 0.346 e. The second-order valence-corrected chi connectivity index (χ2v) is 8.89. The molecule has 6 nitrogen and oxygen atoms in total. The van der Waals surface area contributed by atoms with Gasteiger partial charge in [-0.3, -0.25) is 9.59 Å². The van der Waals surface area contributed by atoms with E-state index in [2.05, 4.69) is 5.32 Å². The summed E-state index contributed by atoms with van der Waals surface area (Å²) in [5.41, 5.74) is 2.82. The van der Waals surface area contributed by atoms with Crippen LogP contribution in [-0.2, 0) is 22.7 Å². The van der Waals surface area contributed by atoms with Gasteiger partial charge in [-0.25, -0.2) is 4.98 Å². The highest BCUT2D eigenvalue weighted by atomic mass is 16.2. The van der Waals surface area contributed by atoms with E-state index in [1.165, 1.54) is 0 Å². The van der Waals surface area contributed by atoms with Gasteiger partial charge in [0.2, 0.25) is 11.8 Å².